The van der Waals surface area contributed by atoms with E-state index in [2.05, 4.69) is 18.8 Å². The molecule has 0 atom stereocenters. The summed E-state index contributed by atoms with van der Waals surface area (Å²) < 4.78 is 7.01. The van der Waals surface area contributed by atoms with Crippen LogP contribution in [0.3, 0.4) is 0 Å². The molecule has 5 nitrogen and oxygen atoms in total. The third kappa shape index (κ3) is 2.03. The average molecular weight is 293 g/mol. The number of nitrogen functional groups attached to an aromatic ring is 1. The first kappa shape index (κ1) is 13.6. The molecule has 0 radical (unpaired) electrons. The zero-order valence-corrected chi connectivity index (χ0v) is 12.8. The predicted octanol–water partition coefficient (Wildman–Crippen LogP) is 1.98. The van der Waals surface area contributed by atoms with E-state index in [-0.39, 0.29) is 11.2 Å². The molecule has 0 saturated heterocycles. The highest BCUT2D eigenvalue weighted by atomic mass is 32.1. The average Bonchev–Trinajstić information content (AvgIpc) is 2.71. The van der Waals surface area contributed by atoms with Crippen LogP contribution in [-0.4, -0.2) is 15.3 Å². The van der Waals surface area contributed by atoms with Crippen LogP contribution in [0.5, 0.6) is 0 Å². The van der Waals surface area contributed by atoms with Crippen molar-refractivity contribution in [3.05, 3.63) is 26.6 Å². The molecular formula is C14H19N3O2S. The van der Waals surface area contributed by atoms with Crippen LogP contribution < -0.4 is 11.4 Å². The van der Waals surface area contributed by atoms with Crippen LogP contribution in [-0.2, 0) is 24.2 Å². The number of rotatable bonds is 2. The molecule has 0 aromatic carbocycles. The van der Waals surface area contributed by atoms with Crippen LogP contribution in [0.4, 0.5) is 0 Å². The minimum atomic E-state index is -0.179. The fourth-order valence-corrected chi connectivity index (χ4v) is 4.01. The van der Waals surface area contributed by atoms with Crippen LogP contribution in [0, 0.1) is 0 Å². The van der Waals surface area contributed by atoms with Crippen LogP contribution in [0.15, 0.2) is 4.79 Å². The Morgan fingerprint density at radius 1 is 1.50 bits per heavy atom. The molecule has 2 aromatic rings. The summed E-state index contributed by atoms with van der Waals surface area (Å²) in [6.45, 7) is 6.65. The highest BCUT2D eigenvalue weighted by molar-refractivity contribution is 7.18. The maximum atomic E-state index is 12.5. The smallest absolute Gasteiger partial charge is 0.281 e. The summed E-state index contributed by atoms with van der Waals surface area (Å²) in [5, 5.41) is 0.642. The van der Waals surface area contributed by atoms with Gasteiger partial charge in [-0.3, -0.25) is 4.79 Å². The largest absolute Gasteiger partial charge is 0.370 e. The Bertz CT molecular complexity index is 730. The van der Waals surface area contributed by atoms with Crippen molar-refractivity contribution in [1.29, 1.82) is 0 Å². The van der Waals surface area contributed by atoms with Gasteiger partial charge in [0.25, 0.3) is 5.56 Å². The molecule has 0 aliphatic carbocycles. The third-order valence-electron chi connectivity index (χ3n) is 3.68. The Kier molecular flexibility index (Phi) is 3.10. The first-order valence-corrected chi connectivity index (χ1v) is 7.70. The number of fused-ring (bicyclic) bond motifs is 3. The lowest BCUT2D eigenvalue weighted by atomic mass is 9.98. The number of hydrogen-bond donors (Lipinski definition) is 1. The molecule has 0 amide bonds. The summed E-state index contributed by atoms with van der Waals surface area (Å²) >= 11 is 1.60. The molecule has 2 aromatic heterocycles. The van der Waals surface area contributed by atoms with Gasteiger partial charge in [-0.15, -0.1) is 11.3 Å². The van der Waals surface area contributed by atoms with Crippen molar-refractivity contribution in [3.63, 3.8) is 0 Å². The van der Waals surface area contributed by atoms with E-state index in [1.54, 1.807) is 11.3 Å². The van der Waals surface area contributed by atoms with Gasteiger partial charge in [0, 0.05) is 23.3 Å². The molecule has 0 saturated carbocycles. The van der Waals surface area contributed by atoms with Crippen LogP contribution in [0.1, 0.15) is 43.5 Å². The zero-order chi connectivity index (χ0) is 14.5. The number of nitrogens with two attached hydrogens (primary N) is 1. The van der Waals surface area contributed by atoms with E-state index < -0.39 is 0 Å². The molecule has 20 heavy (non-hydrogen) atoms. The van der Waals surface area contributed by atoms with Gasteiger partial charge in [-0.05, 0) is 20.3 Å². The maximum absolute atomic E-state index is 12.5. The highest BCUT2D eigenvalue weighted by Crippen LogP contribution is 2.36. The van der Waals surface area contributed by atoms with E-state index in [0.29, 0.717) is 24.2 Å². The summed E-state index contributed by atoms with van der Waals surface area (Å²) in [6.07, 6.45) is 2.44. The van der Waals surface area contributed by atoms with Crippen molar-refractivity contribution in [2.75, 3.05) is 5.84 Å². The lowest BCUT2D eigenvalue weighted by Crippen LogP contribution is -2.33. The second kappa shape index (κ2) is 4.56. The van der Waals surface area contributed by atoms with E-state index in [1.807, 2.05) is 6.92 Å². The second-order valence-corrected chi connectivity index (χ2v) is 6.95. The summed E-state index contributed by atoms with van der Waals surface area (Å²) in [5.74, 6) is 6.54. The van der Waals surface area contributed by atoms with E-state index in [9.17, 15) is 4.79 Å². The van der Waals surface area contributed by atoms with E-state index in [0.717, 1.165) is 23.2 Å². The monoisotopic (exact) mass is 293 g/mol. The zero-order valence-electron chi connectivity index (χ0n) is 12.0. The van der Waals surface area contributed by atoms with Crippen LogP contribution in [0.2, 0.25) is 0 Å². The summed E-state index contributed by atoms with van der Waals surface area (Å²) in [6, 6.07) is 0. The van der Waals surface area contributed by atoms with Gasteiger partial charge in [0.15, 0.2) is 0 Å². The fourth-order valence-electron chi connectivity index (χ4n) is 2.61. The Labute approximate surface area is 121 Å². The lowest BCUT2D eigenvalue weighted by Gasteiger charge is -2.29. The van der Waals surface area contributed by atoms with Crippen molar-refractivity contribution in [1.82, 2.24) is 9.66 Å². The Balaban J connectivity index is 2.24. The number of thiophene rings is 1. The third-order valence-corrected chi connectivity index (χ3v) is 4.81. The van der Waals surface area contributed by atoms with E-state index >= 15 is 0 Å². The molecule has 6 heteroatoms. The number of hydrogen-bond acceptors (Lipinski definition) is 5. The molecule has 0 spiro atoms. The fraction of sp³-hybridized carbons (Fsp3) is 0.571. The normalized spacial score (nSPS) is 17.4. The number of aryl methyl sites for hydroxylation is 1. The molecular weight excluding hydrogens is 274 g/mol. The van der Waals surface area contributed by atoms with Gasteiger partial charge in [-0.2, -0.15) is 0 Å². The standard InChI is InChI=1S/C14H19N3O2S/c1-4-5-10-16-12-11(13(18)17(10)15)8-7-19-14(2,3)6-9(8)20-12/h4-7,15H2,1-3H3. The summed E-state index contributed by atoms with van der Waals surface area (Å²) in [5.41, 5.74) is 0.644. The molecule has 0 fully saturated rings. The molecule has 1 aliphatic rings. The molecule has 3 heterocycles. The van der Waals surface area contributed by atoms with E-state index in [1.165, 1.54) is 9.55 Å². The summed E-state index contributed by atoms with van der Waals surface area (Å²) in [7, 11) is 0. The molecule has 2 N–H and O–H groups in total. The van der Waals surface area contributed by atoms with Gasteiger partial charge in [0.2, 0.25) is 0 Å². The Morgan fingerprint density at radius 3 is 2.95 bits per heavy atom. The van der Waals surface area contributed by atoms with Gasteiger partial charge >= 0.3 is 0 Å². The lowest BCUT2D eigenvalue weighted by molar-refractivity contribution is -0.0382. The number of ether oxygens (including phenoxy) is 1. The first-order chi connectivity index (χ1) is 9.43. The van der Waals surface area contributed by atoms with Crippen molar-refractivity contribution >= 4 is 21.6 Å². The van der Waals surface area contributed by atoms with Gasteiger partial charge < -0.3 is 10.6 Å². The van der Waals surface area contributed by atoms with Gasteiger partial charge in [0.05, 0.1) is 17.6 Å². The first-order valence-electron chi connectivity index (χ1n) is 6.88. The molecule has 0 unspecified atom stereocenters. The van der Waals surface area contributed by atoms with Crippen LogP contribution >= 0.6 is 11.3 Å². The maximum Gasteiger partial charge on any atom is 0.281 e. The highest BCUT2D eigenvalue weighted by Gasteiger charge is 2.30. The van der Waals surface area contributed by atoms with Gasteiger partial charge in [-0.25, -0.2) is 9.66 Å². The quantitative estimate of drug-likeness (QED) is 0.860. The summed E-state index contributed by atoms with van der Waals surface area (Å²) in [4.78, 5) is 19.0. The Hall–Kier alpha value is -1.40. The van der Waals surface area contributed by atoms with E-state index in [4.69, 9.17) is 10.6 Å². The van der Waals surface area contributed by atoms with Crippen molar-refractivity contribution in [3.8, 4) is 0 Å². The van der Waals surface area contributed by atoms with Crippen molar-refractivity contribution < 1.29 is 4.74 Å². The van der Waals surface area contributed by atoms with Crippen molar-refractivity contribution in [2.45, 2.75) is 52.2 Å². The van der Waals surface area contributed by atoms with Gasteiger partial charge in [-0.1, -0.05) is 6.92 Å². The molecule has 108 valence electrons. The minimum absolute atomic E-state index is 0.153. The predicted molar refractivity (Wildman–Crippen MR) is 80.6 cm³/mol. The van der Waals surface area contributed by atoms with Crippen molar-refractivity contribution in [2.24, 2.45) is 0 Å². The minimum Gasteiger partial charge on any atom is -0.370 e. The molecule has 0 bridgehead atoms. The number of aromatic nitrogens is 2. The second-order valence-electron chi connectivity index (χ2n) is 5.86. The topological polar surface area (TPSA) is 70.1 Å². The van der Waals surface area contributed by atoms with Crippen LogP contribution in [0.25, 0.3) is 10.2 Å². The molecule has 3 rings (SSSR count). The SMILES string of the molecule is CCCc1nc2sc3c(c2c(=O)n1N)COC(C)(C)C3. The van der Waals surface area contributed by atoms with Gasteiger partial charge in [0.1, 0.15) is 10.7 Å². The molecule has 1 aliphatic heterocycles. The Morgan fingerprint density at radius 2 is 2.25 bits per heavy atom. The number of nitrogens with zero attached hydrogens (tertiary/aromatic N) is 2.